The monoisotopic (exact) mass is 351 g/mol. The topological polar surface area (TPSA) is 93.8 Å². The molecule has 2 heterocycles. The van der Waals surface area contributed by atoms with E-state index in [2.05, 4.69) is 10.3 Å². The van der Waals surface area contributed by atoms with Crippen LogP contribution < -0.4 is 11.1 Å². The van der Waals surface area contributed by atoms with Crippen LogP contribution in [-0.2, 0) is 17.6 Å². The summed E-state index contributed by atoms with van der Waals surface area (Å²) in [5.41, 5.74) is 8.99. The molecule has 2 atom stereocenters. The highest BCUT2D eigenvalue weighted by molar-refractivity contribution is 5.78. The van der Waals surface area contributed by atoms with Gasteiger partial charge in [0.15, 0.2) is 5.82 Å². The number of pyridine rings is 1. The van der Waals surface area contributed by atoms with Crippen molar-refractivity contribution in [1.29, 1.82) is 0 Å². The molecule has 0 spiro atoms. The molecule has 0 bridgehead atoms. The number of amides is 1. The maximum atomic E-state index is 12.0. The van der Waals surface area contributed by atoms with Crippen LogP contribution in [0.15, 0.2) is 24.5 Å². The minimum absolute atomic E-state index is 0.0555. The van der Waals surface area contributed by atoms with Crippen LogP contribution in [-0.4, -0.2) is 26.9 Å². The van der Waals surface area contributed by atoms with Gasteiger partial charge in [0, 0.05) is 35.3 Å². The summed E-state index contributed by atoms with van der Waals surface area (Å²) < 4.78 is 0. The van der Waals surface area contributed by atoms with Gasteiger partial charge in [0.1, 0.15) is 5.82 Å². The van der Waals surface area contributed by atoms with Gasteiger partial charge in [-0.1, -0.05) is 19.3 Å². The molecule has 4 rings (SSSR count). The summed E-state index contributed by atoms with van der Waals surface area (Å²) in [5.74, 6) is 1.27. The van der Waals surface area contributed by atoms with Gasteiger partial charge < -0.3 is 11.1 Å². The minimum Gasteiger partial charge on any atom is -0.369 e. The van der Waals surface area contributed by atoms with E-state index in [1.165, 1.54) is 5.56 Å². The maximum absolute atomic E-state index is 12.0. The van der Waals surface area contributed by atoms with E-state index in [-0.39, 0.29) is 17.9 Å². The summed E-state index contributed by atoms with van der Waals surface area (Å²) >= 11 is 0. The average molecular weight is 351 g/mol. The van der Waals surface area contributed by atoms with Crippen molar-refractivity contribution in [2.45, 2.75) is 57.4 Å². The number of aromatic nitrogens is 3. The third-order valence-corrected chi connectivity index (χ3v) is 5.58. The van der Waals surface area contributed by atoms with Crippen LogP contribution in [0.1, 0.15) is 49.8 Å². The van der Waals surface area contributed by atoms with Gasteiger partial charge in [-0.15, -0.1) is 0 Å². The first-order chi connectivity index (χ1) is 12.7. The molecule has 3 N–H and O–H groups in total. The van der Waals surface area contributed by atoms with Crippen LogP contribution in [0, 0.1) is 5.92 Å². The third kappa shape index (κ3) is 3.41. The molecule has 136 valence electrons. The fourth-order valence-corrected chi connectivity index (χ4v) is 4.18. The number of nitrogens with one attached hydrogen (secondary N) is 1. The lowest BCUT2D eigenvalue weighted by Crippen LogP contribution is -2.38. The molecule has 2 aromatic rings. The lowest BCUT2D eigenvalue weighted by molar-refractivity contribution is -0.122. The molecule has 0 radical (unpaired) electrons. The molecule has 1 fully saturated rings. The maximum Gasteiger partial charge on any atom is 0.222 e. The van der Waals surface area contributed by atoms with Crippen LogP contribution in [0.25, 0.3) is 11.4 Å². The minimum atomic E-state index is -0.204. The summed E-state index contributed by atoms with van der Waals surface area (Å²) in [5, 5.41) is 3.60. The van der Waals surface area contributed by atoms with Crippen molar-refractivity contribution in [3.05, 3.63) is 35.8 Å². The summed E-state index contributed by atoms with van der Waals surface area (Å²) in [6.45, 7) is 0. The first kappa shape index (κ1) is 16.9. The van der Waals surface area contributed by atoms with E-state index < -0.39 is 0 Å². The van der Waals surface area contributed by atoms with Gasteiger partial charge in [-0.05, 0) is 44.2 Å². The Kier molecular flexibility index (Phi) is 4.82. The van der Waals surface area contributed by atoms with Crippen molar-refractivity contribution in [2.75, 3.05) is 5.32 Å². The van der Waals surface area contributed by atoms with Crippen molar-refractivity contribution in [1.82, 2.24) is 15.0 Å². The number of carbonyl (C=O) groups is 1. The Labute approximate surface area is 153 Å². The van der Waals surface area contributed by atoms with Crippen LogP contribution in [0.2, 0.25) is 0 Å². The quantitative estimate of drug-likeness (QED) is 0.826. The zero-order valence-electron chi connectivity index (χ0n) is 14.9. The molecule has 2 aliphatic rings. The van der Waals surface area contributed by atoms with Crippen molar-refractivity contribution >= 4 is 11.7 Å². The number of fused-ring (bicyclic) bond motifs is 1. The first-order valence-corrected chi connectivity index (χ1v) is 9.58. The number of hydrogen-bond donors (Lipinski definition) is 2. The standard InChI is InChI=1S/C20H25N5O/c21-18(26)14-5-2-1-3-7-16(14)24-20-15-6-4-8-17(15)23-19(25-20)13-9-11-22-12-10-13/h9-12,14,16H,1-8H2,(H2,21,26)(H,23,24,25)/t14-,16+/m1/s1. The van der Waals surface area contributed by atoms with E-state index >= 15 is 0 Å². The number of carbonyl (C=O) groups excluding carboxylic acids is 1. The normalized spacial score (nSPS) is 22.5. The predicted molar refractivity (Wildman–Crippen MR) is 100 cm³/mol. The van der Waals surface area contributed by atoms with Gasteiger partial charge in [0.05, 0.1) is 5.92 Å². The molecule has 0 unspecified atom stereocenters. The zero-order chi connectivity index (χ0) is 17.9. The second kappa shape index (κ2) is 7.40. The Morgan fingerprint density at radius 3 is 2.65 bits per heavy atom. The molecule has 0 saturated heterocycles. The Morgan fingerprint density at radius 1 is 1.04 bits per heavy atom. The highest BCUT2D eigenvalue weighted by Crippen LogP contribution is 2.32. The smallest absolute Gasteiger partial charge is 0.222 e. The highest BCUT2D eigenvalue weighted by Gasteiger charge is 2.30. The Morgan fingerprint density at radius 2 is 1.85 bits per heavy atom. The van der Waals surface area contributed by atoms with Gasteiger partial charge >= 0.3 is 0 Å². The van der Waals surface area contributed by atoms with E-state index in [1.54, 1.807) is 12.4 Å². The summed E-state index contributed by atoms with van der Waals surface area (Å²) in [6, 6.07) is 3.91. The number of aryl methyl sites for hydroxylation is 1. The van der Waals surface area contributed by atoms with Crippen molar-refractivity contribution in [3.8, 4) is 11.4 Å². The van der Waals surface area contributed by atoms with Gasteiger partial charge in [0.2, 0.25) is 5.91 Å². The third-order valence-electron chi connectivity index (χ3n) is 5.58. The number of hydrogen-bond acceptors (Lipinski definition) is 5. The molecule has 1 saturated carbocycles. The molecular formula is C20H25N5O. The lowest BCUT2D eigenvalue weighted by atomic mass is 9.94. The summed E-state index contributed by atoms with van der Waals surface area (Å²) in [4.78, 5) is 25.7. The predicted octanol–water partition coefficient (Wildman–Crippen LogP) is 2.87. The van der Waals surface area contributed by atoms with E-state index in [0.29, 0.717) is 0 Å². The molecule has 0 aromatic carbocycles. The van der Waals surface area contributed by atoms with E-state index in [0.717, 1.165) is 74.3 Å². The molecular weight excluding hydrogens is 326 g/mol. The van der Waals surface area contributed by atoms with Crippen LogP contribution in [0.3, 0.4) is 0 Å². The fourth-order valence-electron chi connectivity index (χ4n) is 4.18. The number of rotatable bonds is 4. The number of primary amides is 1. The Balaban J connectivity index is 1.69. The summed E-state index contributed by atoms with van der Waals surface area (Å²) in [6.07, 6.45) is 11.7. The van der Waals surface area contributed by atoms with E-state index in [1.807, 2.05) is 12.1 Å². The SMILES string of the molecule is NC(=O)[C@@H]1CCCCC[C@@H]1Nc1nc(-c2ccncc2)nc2c1CCC2. The van der Waals surface area contributed by atoms with Crippen LogP contribution in [0.5, 0.6) is 0 Å². The average Bonchev–Trinajstić information content (AvgIpc) is 3.01. The zero-order valence-corrected chi connectivity index (χ0v) is 14.9. The van der Waals surface area contributed by atoms with E-state index in [9.17, 15) is 4.79 Å². The Hall–Kier alpha value is -2.50. The molecule has 1 amide bonds. The van der Waals surface area contributed by atoms with Crippen molar-refractivity contribution in [3.63, 3.8) is 0 Å². The number of nitrogens with two attached hydrogens (primary N) is 1. The summed E-state index contributed by atoms with van der Waals surface area (Å²) in [7, 11) is 0. The van der Waals surface area contributed by atoms with Gasteiger partial charge in [-0.3, -0.25) is 9.78 Å². The lowest BCUT2D eigenvalue weighted by Gasteiger charge is -2.25. The largest absolute Gasteiger partial charge is 0.369 e. The molecule has 6 nitrogen and oxygen atoms in total. The van der Waals surface area contributed by atoms with Crippen molar-refractivity contribution in [2.24, 2.45) is 11.7 Å². The van der Waals surface area contributed by atoms with Gasteiger partial charge in [0.25, 0.3) is 0 Å². The van der Waals surface area contributed by atoms with Crippen molar-refractivity contribution < 1.29 is 4.79 Å². The first-order valence-electron chi connectivity index (χ1n) is 9.58. The van der Waals surface area contributed by atoms with E-state index in [4.69, 9.17) is 15.7 Å². The van der Waals surface area contributed by atoms with Gasteiger partial charge in [-0.2, -0.15) is 0 Å². The van der Waals surface area contributed by atoms with Crippen LogP contribution >= 0.6 is 0 Å². The molecule has 2 aromatic heterocycles. The number of nitrogens with zero attached hydrogens (tertiary/aromatic N) is 3. The fraction of sp³-hybridized carbons (Fsp3) is 0.500. The molecule has 0 aliphatic heterocycles. The molecule has 26 heavy (non-hydrogen) atoms. The Bertz CT molecular complexity index is 792. The second-order valence-electron chi connectivity index (χ2n) is 7.31. The second-order valence-corrected chi connectivity index (χ2v) is 7.31. The number of anilines is 1. The molecule has 6 heteroatoms. The molecule has 2 aliphatic carbocycles. The van der Waals surface area contributed by atoms with Crippen LogP contribution in [0.4, 0.5) is 5.82 Å². The van der Waals surface area contributed by atoms with Gasteiger partial charge in [-0.25, -0.2) is 9.97 Å². The highest BCUT2D eigenvalue weighted by atomic mass is 16.1.